The molecule has 0 radical (unpaired) electrons. The molecule has 160 valence electrons. The van der Waals surface area contributed by atoms with Crippen molar-refractivity contribution in [1.82, 2.24) is 20.2 Å². The van der Waals surface area contributed by atoms with Gasteiger partial charge < -0.3 is 10.2 Å². The average molecular weight is 446 g/mol. The standard InChI is InChI=1S/C23H19N5O3S/c29-19-12-11-17(20(30)13-19)14-24-25-21(31)15-32-23-27-26-22(16-7-3-1-4-8-16)28(23)18-9-5-2-6-10-18/h1-14,29-30H,15H2,(H,25,31)/b24-14+. The summed E-state index contributed by atoms with van der Waals surface area (Å²) in [6.45, 7) is 0. The van der Waals surface area contributed by atoms with Crippen molar-refractivity contribution < 1.29 is 15.0 Å². The molecule has 1 heterocycles. The lowest BCUT2D eigenvalue weighted by atomic mass is 10.2. The van der Waals surface area contributed by atoms with E-state index in [4.69, 9.17) is 0 Å². The molecule has 0 aliphatic rings. The van der Waals surface area contributed by atoms with Gasteiger partial charge in [0.2, 0.25) is 0 Å². The van der Waals surface area contributed by atoms with Gasteiger partial charge in [0.1, 0.15) is 11.5 Å². The largest absolute Gasteiger partial charge is 0.508 e. The molecule has 4 rings (SSSR count). The smallest absolute Gasteiger partial charge is 0.250 e. The lowest BCUT2D eigenvalue weighted by molar-refractivity contribution is -0.118. The number of para-hydroxylation sites is 1. The van der Waals surface area contributed by atoms with Crippen LogP contribution in [0, 0.1) is 0 Å². The molecule has 3 N–H and O–H groups in total. The summed E-state index contributed by atoms with van der Waals surface area (Å²) in [5, 5.41) is 32.1. The zero-order valence-corrected chi connectivity index (χ0v) is 17.6. The van der Waals surface area contributed by atoms with Crippen molar-refractivity contribution >= 4 is 23.9 Å². The number of hydrogen-bond donors (Lipinski definition) is 3. The maximum Gasteiger partial charge on any atom is 0.250 e. The van der Waals surface area contributed by atoms with Crippen LogP contribution >= 0.6 is 11.8 Å². The number of amides is 1. The predicted molar refractivity (Wildman–Crippen MR) is 123 cm³/mol. The minimum Gasteiger partial charge on any atom is -0.508 e. The first kappa shape index (κ1) is 21.1. The third kappa shape index (κ3) is 4.96. The molecule has 0 saturated heterocycles. The number of hydrogen-bond acceptors (Lipinski definition) is 7. The Balaban J connectivity index is 1.48. The highest BCUT2D eigenvalue weighted by Gasteiger charge is 2.17. The van der Waals surface area contributed by atoms with E-state index in [1.165, 1.54) is 36.2 Å². The molecule has 0 atom stereocenters. The van der Waals surface area contributed by atoms with Gasteiger partial charge in [-0.1, -0.05) is 60.3 Å². The number of thioether (sulfide) groups is 1. The van der Waals surface area contributed by atoms with Crippen LogP contribution in [-0.2, 0) is 4.79 Å². The number of phenols is 2. The van der Waals surface area contributed by atoms with Crippen LogP contribution in [0.25, 0.3) is 17.1 Å². The van der Waals surface area contributed by atoms with E-state index in [9.17, 15) is 15.0 Å². The van der Waals surface area contributed by atoms with E-state index in [2.05, 4.69) is 20.7 Å². The quantitative estimate of drug-likeness (QED) is 0.228. The lowest BCUT2D eigenvalue weighted by Crippen LogP contribution is -2.20. The molecular weight excluding hydrogens is 426 g/mol. The molecule has 8 nitrogen and oxygen atoms in total. The van der Waals surface area contributed by atoms with E-state index in [0.29, 0.717) is 16.5 Å². The van der Waals surface area contributed by atoms with Crippen LogP contribution in [-0.4, -0.2) is 42.9 Å². The number of aromatic hydroxyl groups is 2. The molecule has 0 aliphatic heterocycles. The second kappa shape index (κ2) is 9.80. The Morgan fingerprint density at radius 3 is 2.44 bits per heavy atom. The molecule has 4 aromatic rings. The van der Waals surface area contributed by atoms with Gasteiger partial charge >= 0.3 is 0 Å². The fraction of sp³-hybridized carbons (Fsp3) is 0.0435. The number of nitrogens with zero attached hydrogens (tertiary/aromatic N) is 4. The second-order valence-electron chi connectivity index (χ2n) is 6.67. The normalized spacial score (nSPS) is 11.0. The van der Waals surface area contributed by atoms with Crippen molar-refractivity contribution in [3.05, 3.63) is 84.4 Å². The molecule has 0 spiro atoms. The third-order valence-corrected chi connectivity index (χ3v) is 5.35. The summed E-state index contributed by atoms with van der Waals surface area (Å²) in [5.74, 6) is 0.215. The molecule has 0 unspecified atom stereocenters. The summed E-state index contributed by atoms with van der Waals surface area (Å²) >= 11 is 1.24. The number of carbonyl (C=O) groups excluding carboxylic acids is 1. The average Bonchev–Trinajstić information content (AvgIpc) is 3.24. The SMILES string of the molecule is O=C(CSc1nnc(-c2ccccc2)n1-c1ccccc1)N/N=C/c1ccc(O)cc1O. The number of carbonyl (C=O) groups is 1. The van der Waals surface area contributed by atoms with Crippen molar-refractivity contribution in [1.29, 1.82) is 0 Å². The van der Waals surface area contributed by atoms with Gasteiger partial charge in [-0.3, -0.25) is 9.36 Å². The Morgan fingerprint density at radius 1 is 1.00 bits per heavy atom. The van der Waals surface area contributed by atoms with E-state index in [1.807, 2.05) is 65.2 Å². The monoisotopic (exact) mass is 445 g/mol. The molecule has 1 amide bonds. The van der Waals surface area contributed by atoms with Crippen LogP contribution < -0.4 is 5.43 Å². The van der Waals surface area contributed by atoms with Crippen molar-refractivity contribution in [2.24, 2.45) is 5.10 Å². The maximum atomic E-state index is 12.3. The molecule has 0 fully saturated rings. The Hall–Kier alpha value is -4.11. The highest BCUT2D eigenvalue weighted by Crippen LogP contribution is 2.27. The van der Waals surface area contributed by atoms with Crippen LogP contribution in [0.4, 0.5) is 0 Å². The van der Waals surface area contributed by atoms with Gasteiger partial charge in [0.05, 0.1) is 12.0 Å². The molecule has 0 saturated carbocycles. The Bertz CT molecular complexity index is 1240. The van der Waals surface area contributed by atoms with Crippen LogP contribution in [0.3, 0.4) is 0 Å². The zero-order valence-electron chi connectivity index (χ0n) is 16.8. The Morgan fingerprint density at radius 2 is 1.72 bits per heavy atom. The predicted octanol–water partition coefficient (Wildman–Crippen LogP) is 3.59. The molecule has 32 heavy (non-hydrogen) atoms. The zero-order chi connectivity index (χ0) is 22.3. The summed E-state index contributed by atoms with van der Waals surface area (Å²) < 4.78 is 1.91. The van der Waals surface area contributed by atoms with Gasteiger partial charge in [0.25, 0.3) is 5.91 Å². The third-order valence-electron chi connectivity index (χ3n) is 4.42. The second-order valence-corrected chi connectivity index (χ2v) is 7.61. The minimum absolute atomic E-state index is 0.0579. The van der Waals surface area contributed by atoms with E-state index in [-0.39, 0.29) is 23.2 Å². The Labute approximate surface area is 188 Å². The first-order valence-electron chi connectivity index (χ1n) is 9.65. The van der Waals surface area contributed by atoms with Crippen LogP contribution in [0.2, 0.25) is 0 Å². The van der Waals surface area contributed by atoms with Crippen molar-refractivity contribution in [2.75, 3.05) is 5.75 Å². The summed E-state index contributed by atoms with van der Waals surface area (Å²) in [5.41, 5.74) is 4.59. The molecule has 0 bridgehead atoms. The number of benzene rings is 3. The number of rotatable bonds is 7. The van der Waals surface area contributed by atoms with Crippen LogP contribution in [0.5, 0.6) is 11.5 Å². The summed E-state index contributed by atoms with van der Waals surface area (Å²) in [6.07, 6.45) is 1.30. The number of hydrazone groups is 1. The summed E-state index contributed by atoms with van der Waals surface area (Å²) in [7, 11) is 0. The van der Waals surface area contributed by atoms with E-state index in [0.717, 1.165) is 11.3 Å². The van der Waals surface area contributed by atoms with Crippen LogP contribution in [0.1, 0.15) is 5.56 Å². The van der Waals surface area contributed by atoms with Gasteiger partial charge in [-0.05, 0) is 24.3 Å². The fourth-order valence-electron chi connectivity index (χ4n) is 2.92. The van der Waals surface area contributed by atoms with Gasteiger partial charge in [0.15, 0.2) is 11.0 Å². The van der Waals surface area contributed by atoms with Crippen molar-refractivity contribution in [3.8, 4) is 28.6 Å². The summed E-state index contributed by atoms with van der Waals surface area (Å²) in [6, 6.07) is 23.5. The molecular formula is C23H19N5O3S. The number of nitrogens with one attached hydrogen (secondary N) is 1. The first-order valence-corrected chi connectivity index (χ1v) is 10.6. The molecule has 3 aromatic carbocycles. The van der Waals surface area contributed by atoms with Crippen molar-refractivity contribution in [2.45, 2.75) is 5.16 Å². The summed E-state index contributed by atoms with van der Waals surface area (Å²) in [4.78, 5) is 12.3. The maximum absolute atomic E-state index is 12.3. The minimum atomic E-state index is -0.339. The molecule has 0 aliphatic carbocycles. The Kier molecular flexibility index (Phi) is 6.47. The van der Waals surface area contributed by atoms with Crippen LogP contribution in [0.15, 0.2) is 89.1 Å². The molecule has 9 heteroatoms. The van der Waals surface area contributed by atoms with Gasteiger partial charge in [0, 0.05) is 22.9 Å². The lowest BCUT2D eigenvalue weighted by Gasteiger charge is -2.10. The van der Waals surface area contributed by atoms with E-state index >= 15 is 0 Å². The van der Waals surface area contributed by atoms with Gasteiger partial charge in [-0.25, -0.2) is 5.43 Å². The fourth-order valence-corrected chi connectivity index (χ4v) is 3.67. The highest BCUT2D eigenvalue weighted by molar-refractivity contribution is 7.99. The van der Waals surface area contributed by atoms with Crippen molar-refractivity contribution in [3.63, 3.8) is 0 Å². The first-order chi connectivity index (χ1) is 15.6. The number of aromatic nitrogens is 3. The van der Waals surface area contributed by atoms with E-state index in [1.54, 1.807) is 0 Å². The number of phenolic OH excluding ortho intramolecular Hbond substituents is 2. The van der Waals surface area contributed by atoms with Gasteiger partial charge in [-0.15, -0.1) is 10.2 Å². The van der Waals surface area contributed by atoms with E-state index < -0.39 is 0 Å². The topological polar surface area (TPSA) is 113 Å². The highest BCUT2D eigenvalue weighted by atomic mass is 32.2. The van der Waals surface area contributed by atoms with Gasteiger partial charge in [-0.2, -0.15) is 5.10 Å². The molecule has 1 aromatic heterocycles.